The zero-order valence-corrected chi connectivity index (χ0v) is 19.2. The van der Waals surface area contributed by atoms with Crippen molar-refractivity contribution in [3.05, 3.63) is 22.7 Å². The molecule has 0 bridgehead atoms. The van der Waals surface area contributed by atoms with Crippen LogP contribution in [-0.2, 0) is 10.2 Å². The Balaban J connectivity index is 2.20. The van der Waals surface area contributed by atoms with Crippen molar-refractivity contribution in [2.45, 2.75) is 52.1 Å². The quantitative estimate of drug-likeness (QED) is 0.570. The number of hydrogen-bond donors (Lipinski definition) is 3. The Morgan fingerprint density at radius 2 is 2.03 bits per heavy atom. The van der Waals surface area contributed by atoms with Gasteiger partial charge < -0.3 is 10.1 Å². The van der Waals surface area contributed by atoms with E-state index in [1.165, 1.54) is 19.2 Å². The van der Waals surface area contributed by atoms with Crippen molar-refractivity contribution in [2.24, 2.45) is 0 Å². The Morgan fingerprint density at radius 1 is 1.34 bits per heavy atom. The molecule has 0 spiro atoms. The minimum Gasteiger partial charge on any atom is -0.496 e. The average molecular weight is 447 g/mol. The Morgan fingerprint density at radius 3 is 2.62 bits per heavy atom. The standard InChI is InChI=1S/C19H31ClN4O4S/c1-6-24-9-7-8-13(24)12-21-18(25)14-10-16(15(20)11-17(14)28-5)22-29(26,27)23-19(2,3)4/h10-11,13,22-23H,6-9,12H2,1-5H3,(H,21,25). The van der Waals surface area contributed by atoms with E-state index < -0.39 is 15.7 Å². The zero-order valence-electron chi connectivity index (χ0n) is 17.6. The molecule has 1 aliphatic heterocycles. The Labute approximate surface area is 178 Å². The number of carbonyl (C=O) groups excluding carboxylic acids is 1. The van der Waals surface area contributed by atoms with Crippen LogP contribution in [0.25, 0.3) is 0 Å². The van der Waals surface area contributed by atoms with E-state index in [4.69, 9.17) is 16.3 Å². The number of carbonyl (C=O) groups is 1. The first-order chi connectivity index (χ1) is 13.5. The molecule has 1 amide bonds. The minimum absolute atomic E-state index is 0.102. The maximum Gasteiger partial charge on any atom is 0.299 e. The van der Waals surface area contributed by atoms with Gasteiger partial charge in [-0.1, -0.05) is 18.5 Å². The highest BCUT2D eigenvalue weighted by atomic mass is 35.5. The van der Waals surface area contributed by atoms with Crippen LogP contribution in [0.2, 0.25) is 5.02 Å². The molecule has 164 valence electrons. The molecular weight excluding hydrogens is 416 g/mol. The number of benzene rings is 1. The van der Waals surface area contributed by atoms with Crippen molar-refractivity contribution in [2.75, 3.05) is 31.5 Å². The van der Waals surface area contributed by atoms with E-state index in [-0.39, 0.29) is 27.9 Å². The first kappa shape index (κ1) is 23.7. The lowest BCUT2D eigenvalue weighted by Gasteiger charge is -2.23. The van der Waals surface area contributed by atoms with E-state index in [1.807, 2.05) is 0 Å². The molecule has 1 saturated heterocycles. The molecule has 1 aromatic carbocycles. The Bertz CT molecular complexity index is 839. The van der Waals surface area contributed by atoms with Crippen LogP contribution in [0.15, 0.2) is 12.1 Å². The largest absolute Gasteiger partial charge is 0.496 e. The number of nitrogens with zero attached hydrogens (tertiary/aromatic N) is 1. The van der Waals surface area contributed by atoms with E-state index in [9.17, 15) is 13.2 Å². The minimum atomic E-state index is -3.88. The van der Waals surface area contributed by atoms with Crippen molar-refractivity contribution < 1.29 is 17.9 Å². The molecule has 0 radical (unpaired) electrons. The van der Waals surface area contributed by atoms with Crippen molar-refractivity contribution in [3.8, 4) is 5.75 Å². The lowest BCUT2D eigenvalue weighted by molar-refractivity contribution is 0.0938. The van der Waals surface area contributed by atoms with Crippen molar-refractivity contribution in [3.63, 3.8) is 0 Å². The molecular formula is C19H31ClN4O4S. The second-order valence-corrected chi connectivity index (χ2v) is 9.95. The second kappa shape index (κ2) is 9.51. The van der Waals surface area contributed by atoms with Crippen molar-refractivity contribution in [1.82, 2.24) is 14.9 Å². The fraction of sp³-hybridized carbons (Fsp3) is 0.632. The van der Waals surface area contributed by atoms with Crippen LogP contribution in [0.5, 0.6) is 5.75 Å². The van der Waals surface area contributed by atoms with Gasteiger partial charge in [-0.2, -0.15) is 13.1 Å². The van der Waals surface area contributed by atoms with Crippen LogP contribution in [0.4, 0.5) is 5.69 Å². The highest BCUT2D eigenvalue weighted by Crippen LogP contribution is 2.31. The summed E-state index contributed by atoms with van der Waals surface area (Å²) in [4.78, 5) is 15.1. The smallest absolute Gasteiger partial charge is 0.299 e. The van der Waals surface area contributed by atoms with Gasteiger partial charge in [0, 0.05) is 24.2 Å². The number of ether oxygens (including phenoxy) is 1. The highest BCUT2D eigenvalue weighted by Gasteiger charge is 2.25. The van der Waals surface area contributed by atoms with E-state index in [0.717, 1.165) is 25.9 Å². The summed E-state index contributed by atoms with van der Waals surface area (Å²) in [6.07, 6.45) is 2.15. The molecule has 1 atom stereocenters. The monoisotopic (exact) mass is 446 g/mol. The summed E-state index contributed by atoms with van der Waals surface area (Å²) in [5.41, 5.74) is -0.353. The molecule has 3 N–H and O–H groups in total. The highest BCUT2D eigenvalue weighted by molar-refractivity contribution is 7.90. The Kier molecular flexibility index (Phi) is 7.78. The lowest BCUT2D eigenvalue weighted by Crippen LogP contribution is -2.43. The van der Waals surface area contributed by atoms with Crippen molar-refractivity contribution in [1.29, 1.82) is 0 Å². The van der Waals surface area contributed by atoms with E-state index in [1.54, 1.807) is 20.8 Å². The van der Waals surface area contributed by atoms with Gasteiger partial charge in [-0.05, 0) is 52.8 Å². The van der Waals surface area contributed by atoms with Crippen LogP contribution in [0.3, 0.4) is 0 Å². The number of likely N-dealkylation sites (N-methyl/N-ethyl adjacent to an activating group) is 1. The number of hydrogen-bond acceptors (Lipinski definition) is 5. The van der Waals surface area contributed by atoms with Gasteiger partial charge >= 0.3 is 0 Å². The van der Waals surface area contributed by atoms with Gasteiger partial charge in [-0.15, -0.1) is 0 Å². The maximum absolute atomic E-state index is 12.8. The molecule has 10 heteroatoms. The van der Waals surface area contributed by atoms with E-state index in [2.05, 4.69) is 26.6 Å². The molecule has 8 nitrogen and oxygen atoms in total. The van der Waals surface area contributed by atoms with Gasteiger partial charge in [0.05, 0.1) is 23.4 Å². The number of rotatable bonds is 8. The van der Waals surface area contributed by atoms with Gasteiger partial charge in [0.1, 0.15) is 5.75 Å². The molecule has 1 unspecified atom stereocenters. The van der Waals surface area contributed by atoms with Gasteiger partial charge in [0.15, 0.2) is 0 Å². The fourth-order valence-electron chi connectivity index (χ4n) is 3.40. The summed E-state index contributed by atoms with van der Waals surface area (Å²) in [6, 6.07) is 3.13. The summed E-state index contributed by atoms with van der Waals surface area (Å²) in [6.45, 7) is 9.78. The molecule has 1 fully saturated rings. The summed E-state index contributed by atoms with van der Waals surface area (Å²) >= 11 is 6.21. The third kappa shape index (κ3) is 6.74. The van der Waals surface area contributed by atoms with Crippen LogP contribution < -0.4 is 19.5 Å². The average Bonchev–Trinajstić information content (AvgIpc) is 3.06. The summed E-state index contributed by atoms with van der Waals surface area (Å²) in [7, 11) is -2.44. The van der Waals surface area contributed by atoms with Crippen LogP contribution in [0, 0.1) is 0 Å². The van der Waals surface area contributed by atoms with Crippen LogP contribution >= 0.6 is 11.6 Å². The number of amides is 1. The van der Waals surface area contributed by atoms with Crippen LogP contribution in [0.1, 0.15) is 50.9 Å². The first-order valence-electron chi connectivity index (χ1n) is 9.67. The van der Waals surface area contributed by atoms with Gasteiger partial charge in [-0.25, -0.2) is 0 Å². The first-order valence-corrected chi connectivity index (χ1v) is 11.5. The van der Waals surface area contributed by atoms with E-state index in [0.29, 0.717) is 12.6 Å². The Hall–Kier alpha value is -1.55. The lowest BCUT2D eigenvalue weighted by atomic mass is 10.1. The van der Waals surface area contributed by atoms with Crippen LogP contribution in [-0.4, -0.2) is 57.5 Å². The number of nitrogens with one attached hydrogen (secondary N) is 3. The SMILES string of the molecule is CCN1CCCC1CNC(=O)c1cc(NS(=O)(=O)NC(C)(C)C)c(Cl)cc1OC. The molecule has 1 aromatic rings. The molecule has 29 heavy (non-hydrogen) atoms. The maximum atomic E-state index is 12.8. The molecule has 1 aliphatic rings. The van der Waals surface area contributed by atoms with Gasteiger partial charge in [0.2, 0.25) is 0 Å². The topological polar surface area (TPSA) is 99.8 Å². The molecule has 2 rings (SSSR count). The van der Waals surface area contributed by atoms with Gasteiger partial charge in [-0.3, -0.25) is 14.4 Å². The molecule has 0 aliphatic carbocycles. The van der Waals surface area contributed by atoms with Crippen molar-refractivity contribution >= 4 is 33.4 Å². The summed E-state index contributed by atoms with van der Waals surface area (Å²) in [5, 5.41) is 3.06. The third-order valence-electron chi connectivity index (χ3n) is 4.62. The van der Waals surface area contributed by atoms with Gasteiger partial charge in [0.25, 0.3) is 16.1 Å². The fourth-order valence-corrected chi connectivity index (χ4v) is 4.97. The number of anilines is 1. The number of halogens is 1. The summed E-state index contributed by atoms with van der Waals surface area (Å²) in [5.74, 6) is -0.0660. The van der Waals surface area contributed by atoms with E-state index >= 15 is 0 Å². The molecule has 1 heterocycles. The predicted molar refractivity (Wildman–Crippen MR) is 116 cm³/mol. The molecule has 0 saturated carbocycles. The second-order valence-electron chi connectivity index (χ2n) is 8.12. The normalized spacial score (nSPS) is 17.9. The third-order valence-corrected chi connectivity index (χ3v) is 6.30. The number of likely N-dealkylation sites (tertiary alicyclic amines) is 1. The molecule has 0 aromatic heterocycles. The predicted octanol–water partition coefficient (Wildman–Crippen LogP) is 2.61. The zero-order chi connectivity index (χ0) is 21.8. The summed E-state index contributed by atoms with van der Waals surface area (Å²) < 4.78 is 34.9. The number of methoxy groups -OCH3 is 1.